The molecule has 1 fully saturated rings. The number of thioether (sulfide) groups is 1. The number of amides is 1. The molecule has 0 N–H and O–H groups in total. The zero-order valence-corrected chi connectivity index (χ0v) is 15.9. The van der Waals surface area contributed by atoms with Crippen LogP contribution in [0.25, 0.3) is 11.5 Å². The Morgan fingerprint density at radius 3 is 2.36 bits per heavy atom. The molecule has 0 bridgehead atoms. The van der Waals surface area contributed by atoms with E-state index in [1.807, 2.05) is 37.8 Å². The van der Waals surface area contributed by atoms with E-state index < -0.39 is 0 Å². The summed E-state index contributed by atoms with van der Waals surface area (Å²) in [5.41, 5.74) is 3.24. The Kier molecular flexibility index (Phi) is 5.78. The van der Waals surface area contributed by atoms with Crippen molar-refractivity contribution >= 4 is 17.7 Å². The third-order valence-corrected chi connectivity index (χ3v) is 5.34. The molecule has 2 aromatic rings. The van der Waals surface area contributed by atoms with Crippen LogP contribution in [-0.4, -0.2) is 39.3 Å². The predicted molar refractivity (Wildman–Crippen MR) is 99.6 cm³/mol. The van der Waals surface area contributed by atoms with Gasteiger partial charge in [0.25, 0.3) is 5.22 Å². The minimum absolute atomic E-state index is 0.165. The molecule has 3 rings (SSSR count). The van der Waals surface area contributed by atoms with Crippen molar-refractivity contribution in [3.8, 4) is 11.5 Å². The van der Waals surface area contributed by atoms with E-state index in [-0.39, 0.29) is 11.2 Å². The van der Waals surface area contributed by atoms with Gasteiger partial charge in [0.15, 0.2) is 0 Å². The summed E-state index contributed by atoms with van der Waals surface area (Å²) >= 11 is 1.34. The van der Waals surface area contributed by atoms with Gasteiger partial charge < -0.3 is 9.32 Å². The molecule has 6 heteroatoms. The molecule has 1 amide bonds. The third kappa shape index (κ3) is 4.63. The van der Waals surface area contributed by atoms with Crippen LogP contribution >= 0.6 is 11.8 Å². The number of aryl methyl sites for hydroxylation is 2. The highest BCUT2D eigenvalue weighted by atomic mass is 32.2. The van der Waals surface area contributed by atoms with E-state index in [1.165, 1.54) is 24.6 Å². The zero-order valence-electron chi connectivity index (χ0n) is 15.1. The Hall–Kier alpha value is -1.82. The fraction of sp³-hybridized carbons (Fsp3) is 0.526. The maximum absolute atomic E-state index is 12.6. The van der Waals surface area contributed by atoms with E-state index in [4.69, 9.17) is 4.42 Å². The number of likely N-dealkylation sites (tertiary alicyclic amines) is 1. The van der Waals surface area contributed by atoms with Crippen LogP contribution in [0.2, 0.25) is 0 Å². The van der Waals surface area contributed by atoms with Gasteiger partial charge in [-0.3, -0.25) is 4.79 Å². The molecule has 1 aliphatic heterocycles. The topological polar surface area (TPSA) is 59.2 Å². The first-order chi connectivity index (χ1) is 12.0. The summed E-state index contributed by atoms with van der Waals surface area (Å²) in [6, 6.07) is 6.17. The molecule has 1 saturated heterocycles. The Labute approximate surface area is 153 Å². The number of hydrogen-bond donors (Lipinski definition) is 0. The van der Waals surface area contributed by atoms with E-state index in [0.29, 0.717) is 11.1 Å². The summed E-state index contributed by atoms with van der Waals surface area (Å²) in [7, 11) is 0. The average molecular weight is 359 g/mol. The molecule has 5 nitrogen and oxygen atoms in total. The van der Waals surface area contributed by atoms with Crippen LogP contribution in [0.5, 0.6) is 0 Å². The maximum atomic E-state index is 12.6. The van der Waals surface area contributed by atoms with Gasteiger partial charge in [0, 0.05) is 18.7 Å². The number of carbonyl (C=O) groups is 1. The molecule has 25 heavy (non-hydrogen) atoms. The Balaban J connectivity index is 1.67. The van der Waals surface area contributed by atoms with Crippen molar-refractivity contribution in [2.24, 2.45) is 0 Å². The minimum atomic E-state index is -0.217. The summed E-state index contributed by atoms with van der Waals surface area (Å²) in [5.74, 6) is 0.668. The molecule has 1 atom stereocenters. The number of carbonyl (C=O) groups excluding carboxylic acids is 1. The molecule has 1 aromatic heterocycles. The van der Waals surface area contributed by atoms with E-state index in [9.17, 15) is 4.79 Å². The number of benzene rings is 1. The van der Waals surface area contributed by atoms with Gasteiger partial charge in [-0.2, -0.15) is 0 Å². The molecule has 0 unspecified atom stereocenters. The van der Waals surface area contributed by atoms with Gasteiger partial charge in [-0.05, 0) is 45.7 Å². The van der Waals surface area contributed by atoms with E-state index in [2.05, 4.69) is 16.3 Å². The summed E-state index contributed by atoms with van der Waals surface area (Å²) in [5, 5.41) is 8.49. The van der Waals surface area contributed by atoms with Crippen molar-refractivity contribution in [3.63, 3.8) is 0 Å². The molecular formula is C19H25N3O2S. The molecule has 1 aliphatic rings. The molecule has 1 aromatic carbocycles. The van der Waals surface area contributed by atoms with Crippen molar-refractivity contribution in [2.75, 3.05) is 13.1 Å². The second-order valence-electron chi connectivity index (χ2n) is 6.75. The Morgan fingerprint density at radius 1 is 1.08 bits per heavy atom. The normalized spacial score (nSPS) is 16.5. The second kappa shape index (κ2) is 8.04. The second-order valence-corrected chi connectivity index (χ2v) is 8.04. The summed E-state index contributed by atoms with van der Waals surface area (Å²) in [6.45, 7) is 7.73. The smallest absolute Gasteiger partial charge is 0.277 e. The van der Waals surface area contributed by atoms with Gasteiger partial charge in [0.1, 0.15) is 0 Å². The number of hydrogen-bond acceptors (Lipinski definition) is 5. The maximum Gasteiger partial charge on any atom is 0.277 e. The summed E-state index contributed by atoms with van der Waals surface area (Å²) in [6.07, 6.45) is 4.63. The monoisotopic (exact) mass is 359 g/mol. The first kappa shape index (κ1) is 18.0. The molecule has 0 aliphatic carbocycles. The van der Waals surface area contributed by atoms with Crippen molar-refractivity contribution in [2.45, 2.75) is 56.9 Å². The zero-order chi connectivity index (χ0) is 17.8. The van der Waals surface area contributed by atoms with Crippen molar-refractivity contribution in [1.29, 1.82) is 0 Å². The fourth-order valence-corrected chi connectivity index (χ4v) is 3.99. The summed E-state index contributed by atoms with van der Waals surface area (Å²) in [4.78, 5) is 14.6. The van der Waals surface area contributed by atoms with Crippen LogP contribution in [0, 0.1) is 13.8 Å². The van der Waals surface area contributed by atoms with Crippen LogP contribution in [0.4, 0.5) is 0 Å². The van der Waals surface area contributed by atoms with Crippen LogP contribution < -0.4 is 0 Å². The first-order valence-corrected chi connectivity index (χ1v) is 9.78. The van der Waals surface area contributed by atoms with Gasteiger partial charge in [-0.25, -0.2) is 0 Å². The highest BCUT2D eigenvalue weighted by Crippen LogP contribution is 2.28. The van der Waals surface area contributed by atoms with Crippen molar-refractivity contribution in [3.05, 3.63) is 29.3 Å². The third-order valence-electron chi connectivity index (χ3n) is 4.42. The molecule has 0 spiro atoms. The highest BCUT2D eigenvalue weighted by molar-refractivity contribution is 8.00. The molecule has 134 valence electrons. The molecular weight excluding hydrogens is 334 g/mol. The van der Waals surface area contributed by atoms with Crippen LogP contribution in [0.1, 0.15) is 43.7 Å². The first-order valence-electron chi connectivity index (χ1n) is 8.90. The van der Waals surface area contributed by atoms with E-state index in [0.717, 1.165) is 42.6 Å². The number of nitrogens with zero attached hydrogens (tertiary/aromatic N) is 3. The largest absolute Gasteiger partial charge is 0.411 e. The lowest BCUT2D eigenvalue weighted by molar-refractivity contribution is -0.130. The minimum Gasteiger partial charge on any atom is -0.411 e. The van der Waals surface area contributed by atoms with Crippen molar-refractivity contribution < 1.29 is 9.21 Å². The predicted octanol–water partition coefficient (Wildman–Crippen LogP) is 4.24. The van der Waals surface area contributed by atoms with E-state index in [1.54, 1.807) is 0 Å². The number of aromatic nitrogens is 2. The van der Waals surface area contributed by atoms with Crippen LogP contribution in [-0.2, 0) is 4.79 Å². The van der Waals surface area contributed by atoms with Gasteiger partial charge in [-0.15, -0.1) is 10.2 Å². The Morgan fingerprint density at radius 2 is 1.72 bits per heavy atom. The van der Waals surface area contributed by atoms with Gasteiger partial charge in [0.2, 0.25) is 11.8 Å². The van der Waals surface area contributed by atoms with E-state index >= 15 is 0 Å². The van der Waals surface area contributed by atoms with Gasteiger partial charge >= 0.3 is 0 Å². The molecule has 2 heterocycles. The van der Waals surface area contributed by atoms with Crippen LogP contribution in [0.3, 0.4) is 0 Å². The quantitative estimate of drug-likeness (QED) is 0.764. The molecule has 0 saturated carbocycles. The van der Waals surface area contributed by atoms with Crippen LogP contribution in [0.15, 0.2) is 27.8 Å². The highest BCUT2D eigenvalue weighted by Gasteiger charge is 2.24. The average Bonchev–Trinajstić information content (AvgIpc) is 2.86. The van der Waals surface area contributed by atoms with Crippen molar-refractivity contribution in [1.82, 2.24) is 15.1 Å². The fourth-order valence-electron chi connectivity index (χ4n) is 3.22. The lowest BCUT2D eigenvalue weighted by Gasteiger charge is -2.23. The SMILES string of the molecule is Cc1cc(C)cc(-c2nnc(S[C@@H](C)C(=O)N3CCCCCC3)o2)c1. The van der Waals surface area contributed by atoms with Gasteiger partial charge in [-0.1, -0.05) is 41.8 Å². The van der Waals surface area contributed by atoms with Gasteiger partial charge in [0.05, 0.1) is 5.25 Å². The lowest BCUT2D eigenvalue weighted by Crippen LogP contribution is -2.37. The number of rotatable bonds is 4. The standard InChI is InChI=1S/C19H25N3O2S/c1-13-10-14(2)12-16(11-13)17-20-21-19(24-17)25-15(3)18(23)22-8-6-4-5-7-9-22/h10-12,15H,4-9H2,1-3H3/t15-/m0/s1. The summed E-state index contributed by atoms with van der Waals surface area (Å²) < 4.78 is 5.78. The Bertz CT molecular complexity index is 716. The molecule has 0 radical (unpaired) electrons. The lowest BCUT2D eigenvalue weighted by atomic mass is 10.1.